The van der Waals surface area contributed by atoms with Crippen LogP contribution in [0.25, 0.3) is 0 Å². The van der Waals surface area contributed by atoms with E-state index in [1.54, 1.807) is 12.4 Å². The quantitative estimate of drug-likeness (QED) is 0.586. The molecule has 0 saturated carbocycles. The minimum absolute atomic E-state index is 1.16. The smallest absolute Gasteiger partial charge is 0.0487 e. The zero-order chi connectivity index (χ0) is 7.78. The lowest BCUT2D eigenvalue weighted by atomic mass is 10.2. The summed E-state index contributed by atoms with van der Waals surface area (Å²) in [5.74, 6) is 0. The Kier molecular flexibility index (Phi) is 3.95. The van der Waals surface area contributed by atoms with Crippen molar-refractivity contribution in [2.24, 2.45) is 0 Å². The van der Waals surface area contributed by atoms with Gasteiger partial charge in [0.05, 0.1) is 0 Å². The lowest BCUT2D eigenvalue weighted by Crippen LogP contribution is -2.09. The maximum Gasteiger partial charge on any atom is 0.0487 e. The van der Waals surface area contributed by atoms with Gasteiger partial charge in [0, 0.05) is 18.9 Å². The maximum atomic E-state index is 3.60. The van der Waals surface area contributed by atoms with Crippen molar-refractivity contribution >= 4 is 0 Å². The minimum atomic E-state index is 1.16. The molecule has 0 atom stereocenters. The van der Waals surface area contributed by atoms with Gasteiger partial charge in [-0.15, -0.1) is 0 Å². The second kappa shape index (κ2) is 5.53. The number of aromatic amines is 1. The first-order chi connectivity index (χ1) is 5.50. The molecule has 0 unspecified atom stereocenters. The van der Waals surface area contributed by atoms with Crippen LogP contribution in [0.1, 0.15) is 12.8 Å². The third-order valence-corrected chi connectivity index (χ3v) is 1.33. The van der Waals surface area contributed by atoms with Crippen molar-refractivity contribution in [2.45, 2.75) is 12.8 Å². The van der Waals surface area contributed by atoms with Crippen LogP contribution in [0.2, 0.25) is 0 Å². The van der Waals surface area contributed by atoms with Crippen molar-refractivity contribution < 1.29 is 0 Å². The van der Waals surface area contributed by atoms with Gasteiger partial charge >= 0.3 is 0 Å². The van der Waals surface area contributed by atoms with Crippen LogP contribution in [-0.4, -0.2) is 16.7 Å². The minimum Gasteiger partial charge on any atom is -0.391 e. The molecule has 0 saturated heterocycles. The third kappa shape index (κ3) is 4.19. The van der Waals surface area contributed by atoms with Crippen molar-refractivity contribution in [3.63, 3.8) is 0 Å². The van der Waals surface area contributed by atoms with Gasteiger partial charge < -0.3 is 5.32 Å². The highest BCUT2D eigenvalue weighted by molar-refractivity contribution is 4.83. The Hall–Kier alpha value is -1.25. The highest BCUT2D eigenvalue weighted by Crippen LogP contribution is 1.91. The Labute approximate surface area is 66.5 Å². The van der Waals surface area contributed by atoms with Crippen LogP contribution in [0.15, 0.2) is 30.7 Å². The highest BCUT2D eigenvalue weighted by atomic mass is 15.1. The summed E-state index contributed by atoms with van der Waals surface area (Å²) < 4.78 is 0. The fourth-order valence-corrected chi connectivity index (χ4v) is 0.787. The van der Waals surface area contributed by atoms with E-state index in [0.29, 0.717) is 0 Å². The molecule has 11 heavy (non-hydrogen) atoms. The monoisotopic (exact) mass is 151 g/mol. The summed E-state index contributed by atoms with van der Waals surface area (Å²) in [7, 11) is 0. The van der Waals surface area contributed by atoms with E-state index >= 15 is 0 Å². The Morgan fingerprint density at radius 2 is 2.36 bits per heavy atom. The summed E-state index contributed by atoms with van der Waals surface area (Å²) in [5, 5.41) is 9.31. The first-order valence-corrected chi connectivity index (χ1v) is 3.82. The Morgan fingerprint density at radius 3 is 2.55 bits per heavy atom. The SMILES string of the molecule is C1=CNCCC1.c1cn[nH]c1. The molecule has 0 radical (unpaired) electrons. The van der Waals surface area contributed by atoms with Crippen LogP contribution in [0.5, 0.6) is 0 Å². The molecule has 1 aromatic heterocycles. The topological polar surface area (TPSA) is 40.7 Å². The number of nitrogens with one attached hydrogen (secondary N) is 2. The molecular weight excluding hydrogens is 138 g/mol. The molecule has 0 amide bonds. The summed E-state index contributed by atoms with van der Waals surface area (Å²) in [6, 6.07) is 1.83. The van der Waals surface area contributed by atoms with Gasteiger partial charge in [0.25, 0.3) is 0 Å². The lowest BCUT2D eigenvalue weighted by Gasteiger charge is -2.02. The third-order valence-electron chi connectivity index (χ3n) is 1.33. The van der Waals surface area contributed by atoms with E-state index < -0.39 is 0 Å². The fourth-order valence-electron chi connectivity index (χ4n) is 0.787. The molecule has 0 aromatic carbocycles. The van der Waals surface area contributed by atoms with Gasteiger partial charge in [-0.2, -0.15) is 5.10 Å². The number of aromatic nitrogens is 2. The molecule has 0 fully saturated rings. The molecule has 1 aliphatic rings. The van der Waals surface area contributed by atoms with E-state index in [0.717, 1.165) is 6.54 Å². The Balaban J connectivity index is 0.000000112. The summed E-state index contributed by atoms with van der Waals surface area (Å²) >= 11 is 0. The Bertz CT molecular complexity index is 154. The standard InChI is InChI=1S/C5H9N.C3H4N2/c1-2-4-6-5-3-1;1-2-4-5-3-1/h2,4,6H,1,3,5H2;1-3H,(H,4,5). The number of rotatable bonds is 0. The zero-order valence-electron chi connectivity index (χ0n) is 6.46. The molecule has 2 rings (SSSR count). The first kappa shape index (κ1) is 7.85. The highest BCUT2D eigenvalue weighted by Gasteiger charge is 1.84. The molecule has 0 aliphatic carbocycles. The molecule has 1 aromatic rings. The number of H-pyrrole nitrogens is 1. The predicted molar refractivity (Wildman–Crippen MR) is 45.0 cm³/mol. The largest absolute Gasteiger partial charge is 0.391 e. The van der Waals surface area contributed by atoms with E-state index in [1.807, 2.05) is 12.3 Å². The van der Waals surface area contributed by atoms with Crippen molar-refractivity contribution in [2.75, 3.05) is 6.54 Å². The van der Waals surface area contributed by atoms with E-state index in [1.165, 1.54) is 12.8 Å². The molecule has 1 aliphatic heterocycles. The molecular formula is C8H13N3. The molecule has 0 spiro atoms. The van der Waals surface area contributed by atoms with Crippen molar-refractivity contribution in [1.82, 2.24) is 15.5 Å². The van der Waals surface area contributed by atoms with Gasteiger partial charge in [-0.25, -0.2) is 0 Å². The van der Waals surface area contributed by atoms with Gasteiger partial charge in [-0.3, -0.25) is 5.10 Å². The molecule has 3 heteroatoms. The van der Waals surface area contributed by atoms with Crippen molar-refractivity contribution in [3.8, 4) is 0 Å². The van der Waals surface area contributed by atoms with Gasteiger partial charge in [0.2, 0.25) is 0 Å². The number of hydrogen-bond donors (Lipinski definition) is 2. The van der Waals surface area contributed by atoms with Crippen LogP contribution >= 0.6 is 0 Å². The van der Waals surface area contributed by atoms with Crippen molar-refractivity contribution in [3.05, 3.63) is 30.7 Å². The van der Waals surface area contributed by atoms with E-state index in [4.69, 9.17) is 0 Å². The van der Waals surface area contributed by atoms with Crippen LogP contribution in [-0.2, 0) is 0 Å². The first-order valence-electron chi connectivity index (χ1n) is 3.82. The summed E-state index contributed by atoms with van der Waals surface area (Å²) in [5.41, 5.74) is 0. The second-order valence-corrected chi connectivity index (χ2v) is 2.27. The number of allylic oxidation sites excluding steroid dienone is 1. The van der Waals surface area contributed by atoms with Crippen LogP contribution in [0, 0.1) is 0 Å². The van der Waals surface area contributed by atoms with Gasteiger partial charge in [0.1, 0.15) is 0 Å². The molecule has 0 bridgehead atoms. The van der Waals surface area contributed by atoms with Crippen LogP contribution in [0.4, 0.5) is 0 Å². The fraction of sp³-hybridized carbons (Fsp3) is 0.375. The van der Waals surface area contributed by atoms with Gasteiger partial charge in [-0.05, 0) is 25.1 Å². The number of nitrogens with zero attached hydrogens (tertiary/aromatic N) is 1. The molecule has 3 nitrogen and oxygen atoms in total. The molecule has 2 heterocycles. The van der Waals surface area contributed by atoms with E-state index in [2.05, 4.69) is 21.6 Å². The normalized spacial score (nSPS) is 14.5. The maximum absolute atomic E-state index is 3.60. The van der Waals surface area contributed by atoms with Gasteiger partial charge in [-0.1, -0.05) is 6.08 Å². The van der Waals surface area contributed by atoms with E-state index in [-0.39, 0.29) is 0 Å². The lowest BCUT2D eigenvalue weighted by molar-refractivity contribution is 0.728. The summed E-state index contributed by atoms with van der Waals surface area (Å²) in [6.45, 7) is 1.16. The Morgan fingerprint density at radius 1 is 1.36 bits per heavy atom. The zero-order valence-corrected chi connectivity index (χ0v) is 6.46. The summed E-state index contributed by atoms with van der Waals surface area (Å²) in [6.07, 6.45) is 10.2. The van der Waals surface area contributed by atoms with Crippen LogP contribution in [0.3, 0.4) is 0 Å². The van der Waals surface area contributed by atoms with Crippen molar-refractivity contribution in [1.29, 1.82) is 0 Å². The summed E-state index contributed by atoms with van der Waals surface area (Å²) in [4.78, 5) is 0. The van der Waals surface area contributed by atoms with Gasteiger partial charge in [0.15, 0.2) is 0 Å². The second-order valence-electron chi connectivity index (χ2n) is 2.27. The molecule has 2 N–H and O–H groups in total. The average molecular weight is 151 g/mol. The van der Waals surface area contributed by atoms with Crippen LogP contribution < -0.4 is 5.32 Å². The predicted octanol–water partition coefficient (Wildman–Crippen LogP) is 1.29. The average Bonchev–Trinajstić information content (AvgIpc) is 2.64. The number of hydrogen-bond acceptors (Lipinski definition) is 2. The van der Waals surface area contributed by atoms with E-state index in [9.17, 15) is 0 Å². The molecule has 60 valence electrons.